The van der Waals surface area contributed by atoms with Crippen molar-refractivity contribution in [2.75, 3.05) is 5.32 Å². The maximum absolute atomic E-state index is 11.9. The zero-order valence-corrected chi connectivity index (χ0v) is 12.9. The average molecular weight is 313 g/mol. The van der Waals surface area contributed by atoms with Gasteiger partial charge in [-0.25, -0.2) is 0 Å². The Hall–Kier alpha value is -1.03. The Kier molecular flexibility index (Phi) is 4.79. The van der Waals surface area contributed by atoms with Crippen molar-refractivity contribution >= 4 is 27.5 Å². The molecule has 0 aliphatic heterocycles. The molecule has 0 unspecified atom stereocenters. The van der Waals surface area contributed by atoms with Crippen molar-refractivity contribution in [3.8, 4) is 0 Å². The third-order valence-corrected chi connectivity index (χ3v) is 3.95. The van der Waals surface area contributed by atoms with Gasteiger partial charge in [0.05, 0.1) is 0 Å². The van der Waals surface area contributed by atoms with E-state index in [1.165, 1.54) is 0 Å². The monoisotopic (exact) mass is 312 g/mol. The summed E-state index contributed by atoms with van der Waals surface area (Å²) >= 11 is 3.39. The predicted molar refractivity (Wildman–Crippen MR) is 79.4 cm³/mol. The van der Waals surface area contributed by atoms with E-state index in [9.17, 15) is 4.79 Å². The number of nitrogens with one attached hydrogen (secondary N) is 1. The van der Waals surface area contributed by atoms with Gasteiger partial charge in [-0.2, -0.15) is 0 Å². The SMILES string of the molecule is CC(C)C(Nc1ccc(Br)cc1)(C(N)=O)C(C)C. The number of amides is 1. The van der Waals surface area contributed by atoms with Gasteiger partial charge >= 0.3 is 0 Å². The Bertz CT molecular complexity index is 404. The van der Waals surface area contributed by atoms with Crippen molar-refractivity contribution in [3.63, 3.8) is 0 Å². The van der Waals surface area contributed by atoms with Crippen molar-refractivity contribution in [2.45, 2.75) is 33.2 Å². The molecule has 1 amide bonds. The molecule has 0 aromatic heterocycles. The average Bonchev–Trinajstić information content (AvgIpc) is 2.26. The van der Waals surface area contributed by atoms with E-state index in [1.54, 1.807) is 0 Å². The van der Waals surface area contributed by atoms with Crippen LogP contribution in [0, 0.1) is 11.8 Å². The number of rotatable bonds is 5. The smallest absolute Gasteiger partial charge is 0.243 e. The van der Waals surface area contributed by atoms with Gasteiger partial charge in [0, 0.05) is 10.2 Å². The van der Waals surface area contributed by atoms with Crippen LogP contribution in [-0.4, -0.2) is 11.4 Å². The highest BCUT2D eigenvalue weighted by atomic mass is 79.9. The Morgan fingerprint density at radius 2 is 1.61 bits per heavy atom. The van der Waals surface area contributed by atoms with Crippen LogP contribution in [0.15, 0.2) is 28.7 Å². The number of primary amides is 1. The number of carbonyl (C=O) groups excluding carboxylic acids is 1. The largest absolute Gasteiger partial charge is 0.371 e. The number of anilines is 1. The van der Waals surface area contributed by atoms with Crippen molar-refractivity contribution < 1.29 is 4.79 Å². The van der Waals surface area contributed by atoms with Crippen LogP contribution in [0.4, 0.5) is 5.69 Å². The van der Waals surface area contributed by atoms with Gasteiger partial charge in [0.25, 0.3) is 0 Å². The number of nitrogens with two attached hydrogens (primary N) is 1. The van der Waals surface area contributed by atoms with Crippen molar-refractivity contribution in [1.29, 1.82) is 0 Å². The number of hydrogen-bond donors (Lipinski definition) is 2. The van der Waals surface area contributed by atoms with Gasteiger partial charge < -0.3 is 11.1 Å². The molecule has 0 heterocycles. The second kappa shape index (κ2) is 5.74. The van der Waals surface area contributed by atoms with Crippen LogP contribution >= 0.6 is 15.9 Å². The van der Waals surface area contributed by atoms with Gasteiger partial charge in [-0.05, 0) is 36.1 Å². The fourth-order valence-corrected chi connectivity index (χ4v) is 2.62. The molecule has 4 heteroatoms. The first-order valence-electron chi connectivity index (χ1n) is 6.14. The van der Waals surface area contributed by atoms with Crippen LogP contribution in [0.5, 0.6) is 0 Å². The zero-order valence-electron chi connectivity index (χ0n) is 11.3. The minimum Gasteiger partial charge on any atom is -0.371 e. The Labute approximate surface area is 117 Å². The Morgan fingerprint density at radius 3 is 1.94 bits per heavy atom. The quantitative estimate of drug-likeness (QED) is 0.875. The number of halogens is 1. The first-order chi connectivity index (χ1) is 8.30. The lowest BCUT2D eigenvalue weighted by Crippen LogP contribution is -2.58. The molecular weight excluding hydrogens is 292 g/mol. The zero-order chi connectivity index (χ0) is 13.9. The van der Waals surface area contributed by atoms with Crippen molar-refractivity contribution in [1.82, 2.24) is 0 Å². The molecule has 100 valence electrons. The van der Waals surface area contributed by atoms with Crippen molar-refractivity contribution in [2.24, 2.45) is 17.6 Å². The first-order valence-corrected chi connectivity index (χ1v) is 6.93. The summed E-state index contributed by atoms with van der Waals surface area (Å²) in [4.78, 5) is 11.9. The summed E-state index contributed by atoms with van der Waals surface area (Å²) in [7, 11) is 0. The second-order valence-corrected chi connectivity index (χ2v) is 6.09. The molecule has 1 rings (SSSR count). The summed E-state index contributed by atoms with van der Waals surface area (Å²) in [6, 6.07) is 7.75. The van der Waals surface area contributed by atoms with Gasteiger partial charge in [-0.3, -0.25) is 4.79 Å². The highest BCUT2D eigenvalue weighted by molar-refractivity contribution is 9.10. The normalized spacial score (nSPS) is 11.9. The van der Waals surface area contributed by atoms with Crippen LogP contribution in [0.1, 0.15) is 27.7 Å². The molecule has 0 aliphatic carbocycles. The Morgan fingerprint density at radius 1 is 1.17 bits per heavy atom. The molecule has 1 aromatic rings. The van der Waals surface area contributed by atoms with Gasteiger partial charge in [-0.15, -0.1) is 0 Å². The van der Waals surface area contributed by atoms with Crippen LogP contribution in [0.3, 0.4) is 0 Å². The lowest BCUT2D eigenvalue weighted by molar-refractivity contribution is -0.125. The molecule has 3 N–H and O–H groups in total. The molecule has 0 radical (unpaired) electrons. The van der Waals surface area contributed by atoms with E-state index in [2.05, 4.69) is 21.2 Å². The summed E-state index contributed by atoms with van der Waals surface area (Å²) in [5.74, 6) is -0.0901. The maximum atomic E-state index is 11.9. The molecule has 0 bridgehead atoms. The van der Waals surface area contributed by atoms with Crippen molar-refractivity contribution in [3.05, 3.63) is 28.7 Å². The number of carbonyl (C=O) groups is 1. The molecule has 18 heavy (non-hydrogen) atoms. The van der Waals surface area contributed by atoms with E-state index in [0.29, 0.717) is 0 Å². The van der Waals surface area contributed by atoms with Gasteiger partial charge in [0.2, 0.25) is 5.91 Å². The summed E-state index contributed by atoms with van der Waals surface area (Å²) in [6.45, 7) is 8.04. The van der Waals surface area contributed by atoms with Gasteiger partial charge in [0.15, 0.2) is 0 Å². The molecule has 0 atom stereocenters. The van der Waals surface area contributed by atoms with E-state index in [1.807, 2.05) is 52.0 Å². The molecular formula is C14H21BrN2O. The summed E-state index contributed by atoms with van der Waals surface area (Å²) in [6.07, 6.45) is 0. The molecule has 3 nitrogen and oxygen atoms in total. The third kappa shape index (κ3) is 2.86. The third-order valence-electron chi connectivity index (χ3n) is 3.42. The lowest BCUT2D eigenvalue weighted by Gasteiger charge is -2.40. The van der Waals surface area contributed by atoms with E-state index < -0.39 is 5.54 Å². The van der Waals surface area contributed by atoms with Gasteiger partial charge in [0.1, 0.15) is 5.54 Å². The van der Waals surface area contributed by atoms with Crippen LogP contribution in [-0.2, 0) is 4.79 Å². The van der Waals surface area contributed by atoms with Gasteiger partial charge in [-0.1, -0.05) is 43.6 Å². The molecule has 1 aromatic carbocycles. The molecule has 0 fully saturated rings. The van der Waals surface area contributed by atoms with Crippen LogP contribution in [0.2, 0.25) is 0 Å². The minimum atomic E-state index is -0.728. The number of hydrogen-bond acceptors (Lipinski definition) is 2. The molecule has 0 aliphatic rings. The summed E-state index contributed by atoms with van der Waals surface area (Å²) < 4.78 is 1.01. The lowest BCUT2D eigenvalue weighted by atomic mass is 9.76. The highest BCUT2D eigenvalue weighted by Gasteiger charge is 2.42. The predicted octanol–water partition coefficient (Wildman–Crippen LogP) is 3.40. The summed E-state index contributed by atoms with van der Waals surface area (Å²) in [5.41, 5.74) is 5.81. The van der Waals surface area contributed by atoms with Crippen LogP contribution < -0.4 is 11.1 Å². The maximum Gasteiger partial charge on any atom is 0.243 e. The minimum absolute atomic E-state index is 0.110. The van der Waals surface area contributed by atoms with Crippen LogP contribution in [0.25, 0.3) is 0 Å². The van der Waals surface area contributed by atoms with E-state index in [-0.39, 0.29) is 17.7 Å². The molecule has 0 spiro atoms. The van der Waals surface area contributed by atoms with E-state index in [0.717, 1.165) is 10.2 Å². The summed E-state index contributed by atoms with van der Waals surface area (Å²) in [5, 5.41) is 3.32. The molecule has 0 saturated carbocycles. The fourth-order valence-electron chi connectivity index (χ4n) is 2.36. The topological polar surface area (TPSA) is 55.1 Å². The first kappa shape index (κ1) is 15.0. The number of benzene rings is 1. The standard InChI is InChI=1S/C14H21BrN2O/c1-9(2)14(10(3)4,13(16)18)17-12-7-5-11(15)6-8-12/h5-10,17H,1-4H3,(H2,16,18). The highest BCUT2D eigenvalue weighted by Crippen LogP contribution is 2.31. The second-order valence-electron chi connectivity index (χ2n) is 5.17. The van der Waals surface area contributed by atoms with E-state index in [4.69, 9.17) is 5.73 Å². The molecule has 0 saturated heterocycles. The van der Waals surface area contributed by atoms with E-state index >= 15 is 0 Å². The Balaban J connectivity index is 3.12. The fraction of sp³-hybridized carbons (Fsp3) is 0.500.